The molecule has 0 aliphatic heterocycles. The highest BCUT2D eigenvalue weighted by molar-refractivity contribution is 9.10. The van der Waals surface area contributed by atoms with Crippen LogP contribution in [0.1, 0.15) is 15.9 Å². The number of anilines is 2. The first kappa shape index (κ1) is 18.1. The van der Waals surface area contributed by atoms with E-state index in [1.165, 1.54) is 0 Å². The molecule has 0 aliphatic carbocycles. The number of aromatic nitrogens is 3. The third kappa shape index (κ3) is 3.70. The number of rotatable bonds is 3. The van der Waals surface area contributed by atoms with Gasteiger partial charge in [0.15, 0.2) is 0 Å². The molecular weight excluding hydrogens is 418 g/mol. The quantitative estimate of drug-likeness (QED) is 0.492. The number of nitrogen functional groups attached to an aromatic ring is 1. The molecule has 2 aromatic carbocycles. The molecule has 0 spiro atoms. The van der Waals surface area contributed by atoms with Crippen LogP contribution in [-0.4, -0.2) is 20.9 Å². The summed E-state index contributed by atoms with van der Waals surface area (Å²) in [4.78, 5) is 25.1. The number of benzene rings is 2. The molecule has 7 heteroatoms. The van der Waals surface area contributed by atoms with E-state index < -0.39 is 0 Å². The van der Waals surface area contributed by atoms with Gasteiger partial charge in [-0.15, -0.1) is 0 Å². The standard InChI is InChI=1S/C21H16BrN5O/c1-12-2-3-14(20(28)27-19-7-5-16(22)11-24-19)9-17(12)13-4-6-18-15(8-13)10-25-21(23)26-18/h2-11H,1H3,(H2,23,25,26)(H,24,27,28). The van der Waals surface area contributed by atoms with Gasteiger partial charge in [0.25, 0.3) is 5.91 Å². The lowest BCUT2D eigenvalue weighted by Crippen LogP contribution is -2.13. The van der Waals surface area contributed by atoms with Crippen LogP contribution in [0.25, 0.3) is 22.0 Å². The maximum atomic E-state index is 12.6. The Balaban J connectivity index is 1.67. The van der Waals surface area contributed by atoms with Crippen molar-refractivity contribution >= 4 is 44.5 Å². The van der Waals surface area contributed by atoms with E-state index in [4.69, 9.17) is 5.73 Å². The van der Waals surface area contributed by atoms with Crippen molar-refractivity contribution in [1.82, 2.24) is 15.0 Å². The molecular formula is C21H16BrN5O. The van der Waals surface area contributed by atoms with E-state index in [0.29, 0.717) is 11.4 Å². The molecule has 2 heterocycles. The molecule has 138 valence electrons. The largest absolute Gasteiger partial charge is 0.368 e. The Morgan fingerprint density at radius 2 is 1.89 bits per heavy atom. The Kier molecular flexibility index (Phi) is 4.75. The minimum absolute atomic E-state index is 0.215. The van der Waals surface area contributed by atoms with Gasteiger partial charge in [-0.25, -0.2) is 15.0 Å². The number of hydrogen-bond donors (Lipinski definition) is 2. The molecule has 2 aromatic heterocycles. The number of nitrogens with two attached hydrogens (primary N) is 1. The van der Waals surface area contributed by atoms with E-state index in [2.05, 4.69) is 36.2 Å². The van der Waals surface area contributed by atoms with E-state index >= 15 is 0 Å². The van der Waals surface area contributed by atoms with Crippen LogP contribution in [0.3, 0.4) is 0 Å². The number of fused-ring (bicyclic) bond motifs is 1. The Morgan fingerprint density at radius 1 is 1.04 bits per heavy atom. The van der Waals surface area contributed by atoms with Crippen molar-refractivity contribution in [3.8, 4) is 11.1 Å². The molecule has 0 radical (unpaired) electrons. The number of carbonyl (C=O) groups excluding carboxylic acids is 1. The molecule has 4 aromatic rings. The zero-order chi connectivity index (χ0) is 19.7. The van der Waals surface area contributed by atoms with Crippen molar-refractivity contribution in [2.24, 2.45) is 0 Å². The number of nitrogens with zero attached hydrogens (tertiary/aromatic N) is 3. The van der Waals surface area contributed by atoms with Gasteiger partial charge in [-0.1, -0.05) is 12.1 Å². The monoisotopic (exact) mass is 433 g/mol. The number of halogens is 1. The molecule has 3 N–H and O–H groups in total. The molecule has 0 aliphatic rings. The third-order valence-electron chi connectivity index (χ3n) is 4.38. The van der Waals surface area contributed by atoms with E-state index in [-0.39, 0.29) is 11.9 Å². The van der Waals surface area contributed by atoms with Gasteiger partial charge in [0.05, 0.1) is 5.52 Å². The summed E-state index contributed by atoms with van der Waals surface area (Å²) in [5.74, 6) is 0.528. The molecule has 28 heavy (non-hydrogen) atoms. The normalized spacial score (nSPS) is 10.8. The summed E-state index contributed by atoms with van der Waals surface area (Å²) in [6, 6.07) is 15.0. The maximum Gasteiger partial charge on any atom is 0.256 e. The lowest BCUT2D eigenvalue weighted by Gasteiger charge is -2.11. The van der Waals surface area contributed by atoms with Crippen molar-refractivity contribution in [2.75, 3.05) is 11.1 Å². The van der Waals surface area contributed by atoms with Gasteiger partial charge in [0.2, 0.25) is 5.95 Å². The Bertz CT molecular complexity index is 1190. The topological polar surface area (TPSA) is 93.8 Å². The molecule has 0 fully saturated rings. The summed E-state index contributed by atoms with van der Waals surface area (Å²) in [6.45, 7) is 2.01. The second-order valence-electron chi connectivity index (χ2n) is 6.35. The Morgan fingerprint density at radius 3 is 2.68 bits per heavy atom. The predicted octanol–water partition coefficient (Wildman–Crippen LogP) is 4.60. The smallest absolute Gasteiger partial charge is 0.256 e. The third-order valence-corrected chi connectivity index (χ3v) is 4.85. The van der Waals surface area contributed by atoms with E-state index in [0.717, 1.165) is 32.1 Å². The van der Waals surface area contributed by atoms with Crippen LogP contribution in [0.15, 0.2) is 65.4 Å². The minimum Gasteiger partial charge on any atom is -0.368 e. The first-order chi connectivity index (χ1) is 13.5. The summed E-state index contributed by atoms with van der Waals surface area (Å²) in [6.07, 6.45) is 3.34. The van der Waals surface area contributed by atoms with E-state index in [9.17, 15) is 4.79 Å². The summed E-state index contributed by atoms with van der Waals surface area (Å²) in [5, 5.41) is 3.70. The summed E-state index contributed by atoms with van der Waals surface area (Å²) in [5.41, 5.74) is 10.00. The van der Waals surface area contributed by atoms with Crippen molar-refractivity contribution in [3.05, 3.63) is 76.5 Å². The number of carbonyl (C=O) groups is 1. The molecule has 0 saturated heterocycles. The second kappa shape index (κ2) is 7.36. The Labute approximate surface area is 170 Å². The van der Waals surface area contributed by atoms with Gasteiger partial charge in [-0.2, -0.15) is 0 Å². The first-order valence-corrected chi connectivity index (χ1v) is 9.35. The maximum absolute atomic E-state index is 12.6. The second-order valence-corrected chi connectivity index (χ2v) is 7.26. The van der Waals surface area contributed by atoms with Gasteiger partial charge < -0.3 is 11.1 Å². The summed E-state index contributed by atoms with van der Waals surface area (Å²) >= 11 is 3.33. The van der Waals surface area contributed by atoms with Gasteiger partial charge in [0, 0.05) is 27.8 Å². The number of nitrogens with one attached hydrogen (secondary N) is 1. The Hall–Kier alpha value is -3.32. The zero-order valence-corrected chi connectivity index (χ0v) is 16.6. The van der Waals surface area contributed by atoms with Crippen LogP contribution in [0, 0.1) is 6.92 Å². The van der Waals surface area contributed by atoms with Crippen LogP contribution in [0.5, 0.6) is 0 Å². The van der Waals surface area contributed by atoms with Crippen LogP contribution in [0.4, 0.5) is 11.8 Å². The lowest BCUT2D eigenvalue weighted by atomic mass is 9.97. The fraction of sp³-hybridized carbons (Fsp3) is 0.0476. The fourth-order valence-corrected chi connectivity index (χ4v) is 3.16. The molecule has 0 unspecified atom stereocenters. The number of pyridine rings is 1. The molecule has 1 amide bonds. The van der Waals surface area contributed by atoms with Crippen LogP contribution in [0.2, 0.25) is 0 Å². The highest BCUT2D eigenvalue weighted by atomic mass is 79.9. The number of hydrogen-bond acceptors (Lipinski definition) is 5. The highest BCUT2D eigenvalue weighted by Crippen LogP contribution is 2.28. The van der Waals surface area contributed by atoms with E-state index in [1.807, 2.05) is 43.3 Å². The summed E-state index contributed by atoms with van der Waals surface area (Å²) < 4.78 is 0.852. The van der Waals surface area contributed by atoms with Gasteiger partial charge in [-0.3, -0.25) is 4.79 Å². The van der Waals surface area contributed by atoms with Gasteiger partial charge in [0.1, 0.15) is 5.82 Å². The van der Waals surface area contributed by atoms with Gasteiger partial charge >= 0.3 is 0 Å². The predicted molar refractivity (Wildman–Crippen MR) is 114 cm³/mol. The molecule has 4 rings (SSSR count). The van der Waals surface area contributed by atoms with E-state index in [1.54, 1.807) is 24.5 Å². The average Bonchev–Trinajstić information content (AvgIpc) is 2.69. The van der Waals surface area contributed by atoms with Crippen molar-refractivity contribution in [2.45, 2.75) is 6.92 Å². The highest BCUT2D eigenvalue weighted by Gasteiger charge is 2.11. The SMILES string of the molecule is Cc1ccc(C(=O)Nc2ccc(Br)cn2)cc1-c1ccc2nc(N)ncc2c1. The van der Waals surface area contributed by atoms with Crippen molar-refractivity contribution in [1.29, 1.82) is 0 Å². The lowest BCUT2D eigenvalue weighted by molar-refractivity contribution is 0.102. The van der Waals surface area contributed by atoms with Crippen LogP contribution >= 0.6 is 15.9 Å². The first-order valence-electron chi connectivity index (χ1n) is 8.56. The summed E-state index contributed by atoms with van der Waals surface area (Å²) in [7, 11) is 0. The van der Waals surface area contributed by atoms with Crippen LogP contribution in [-0.2, 0) is 0 Å². The molecule has 6 nitrogen and oxygen atoms in total. The average molecular weight is 434 g/mol. The van der Waals surface area contributed by atoms with Crippen molar-refractivity contribution < 1.29 is 4.79 Å². The minimum atomic E-state index is -0.215. The number of amides is 1. The zero-order valence-electron chi connectivity index (χ0n) is 15.0. The van der Waals surface area contributed by atoms with Crippen LogP contribution < -0.4 is 11.1 Å². The molecule has 0 atom stereocenters. The molecule has 0 bridgehead atoms. The van der Waals surface area contributed by atoms with Crippen molar-refractivity contribution in [3.63, 3.8) is 0 Å². The van der Waals surface area contributed by atoms with Gasteiger partial charge in [-0.05, 0) is 75.9 Å². The fourth-order valence-electron chi connectivity index (χ4n) is 2.93. The number of aryl methyl sites for hydroxylation is 1. The molecule has 0 saturated carbocycles.